The van der Waals surface area contributed by atoms with Crippen molar-refractivity contribution in [2.24, 2.45) is 5.92 Å². The van der Waals surface area contributed by atoms with Crippen LogP contribution in [-0.2, 0) is 9.53 Å². The van der Waals surface area contributed by atoms with E-state index in [0.717, 1.165) is 32.5 Å². The second-order valence-electron chi connectivity index (χ2n) is 4.51. The summed E-state index contributed by atoms with van der Waals surface area (Å²) in [7, 11) is 1.93. The Labute approximate surface area is 91.0 Å². The Kier molecular flexibility index (Phi) is 3.59. The molecule has 2 unspecified atom stereocenters. The maximum atomic E-state index is 12.1. The molecule has 15 heavy (non-hydrogen) atoms. The van der Waals surface area contributed by atoms with Gasteiger partial charge in [-0.3, -0.25) is 4.79 Å². The first-order valence-corrected chi connectivity index (χ1v) is 5.84. The molecule has 0 aromatic rings. The molecule has 86 valence electrons. The molecule has 0 spiro atoms. The van der Waals surface area contributed by atoms with Crippen LogP contribution in [-0.4, -0.2) is 50.2 Å². The summed E-state index contributed by atoms with van der Waals surface area (Å²) in [6.07, 6.45) is 3.19. The van der Waals surface area contributed by atoms with Crippen LogP contribution in [0.4, 0.5) is 0 Å². The van der Waals surface area contributed by atoms with E-state index in [4.69, 9.17) is 4.74 Å². The van der Waals surface area contributed by atoms with E-state index >= 15 is 0 Å². The first kappa shape index (κ1) is 10.9. The summed E-state index contributed by atoms with van der Waals surface area (Å²) in [5.74, 6) is 0.373. The van der Waals surface area contributed by atoms with Crippen molar-refractivity contribution in [1.29, 1.82) is 0 Å². The first-order valence-electron chi connectivity index (χ1n) is 5.84. The van der Waals surface area contributed by atoms with Crippen LogP contribution in [0.3, 0.4) is 0 Å². The molecule has 0 aromatic carbocycles. The third-order valence-corrected chi connectivity index (χ3v) is 3.45. The molecule has 1 amide bonds. The van der Waals surface area contributed by atoms with Crippen molar-refractivity contribution in [3.8, 4) is 0 Å². The van der Waals surface area contributed by atoms with Crippen LogP contribution in [0.15, 0.2) is 0 Å². The van der Waals surface area contributed by atoms with Gasteiger partial charge in [-0.1, -0.05) is 0 Å². The van der Waals surface area contributed by atoms with E-state index in [1.165, 1.54) is 6.42 Å². The zero-order valence-corrected chi connectivity index (χ0v) is 9.37. The molecule has 2 aliphatic heterocycles. The second kappa shape index (κ2) is 4.94. The Bertz CT molecular complexity index is 221. The first-order chi connectivity index (χ1) is 7.29. The van der Waals surface area contributed by atoms with Gasteiger partial charge in [-0.2, -0.15) is 0 Å². The van der Waals surface area contributed by atoms with Crippen molar-refractivity contribution in [3.63, 3.8) is 0 Å². The summed E-state index contributed by atoms with van der Waals surface area (Å²) < 4.78 is 5.25. The van der Waals surface area contributed by atoms with E-state index in [1.807, 2.05) is 11.9 Å². The summed E-state index contributed by atoms with van der Waals surface area (Å²) in [5, 5.41) is 3.34. The fraction of sp³-hybridized carbons (Fsp3) is 0.909. The number of ether oxygens (including phenoxy) is 1. The third kappa shape index (κ3) is 2.49. The Morgan fingerprint density at radius 1 is 1.47 bits per heavy atom. The van der Waals surface area contributed by atoms with E-state index in [-0.39, 0.29) is 11.8 Å². The fourth-order valence-corrected chi connectivity index (χ4v) is 2.36. The highest BCUT2D eigenvalue weighted by atomic mass is 16.5. The third-order valence-electron chi connectivity index (χ3n) is 3.45. The molecule has 0 bridgehead atoms. The SMILES string of the molecule is CN(C(=O)C1CCOC1)C1CCCNC1. The highest BCUT2D eigenvalue weighted by Gasteiger charge is 2.30. The zero-order valence-electron chi connectivity index (χ0n) is 9.37. The van der Waals surface area contributed by atoms with E-state index < -0.39 is 0 Å². The Morgan fingerprint density at radius 3 is 2.93 bits per heavy atom. The second-order valence-corrected chi connectivity index (χ2v) is 4.51. The molecule has 2 fully saturated rings. The number of piperidine rings is 1. The number of nitrogens with one attached hydrogen (secondary N) is 1. The van der Waals surface area contributed by atoms with Gasteiger partial charge in [0.25, 0.3) is 0 Å². The highest BCUT2D eigenvalue weighted by Crippen LogP contribution is 2.18. The van der Waals surface area contributed by atoms with Crippen LogP contribution in [0.2, 0.25) is 0 Å². The molecular formula is C11H20N2O2. The van der Waals surface area contributed by atoms with Gasteiger partial charge in [0.05, 0.1) is 12.5 Å². The molecule has 2 atom stereocenters. The van der Waals surface area contributed by atoms with Gasteiger partial charge >= 0.3 is 0 Å². The standard InChI is InChI=1S/C11H20N2O2/c1-13(10-3-2-5-12-7-10)11(14)9-4-6-15-8-9/h9-10,12H,2-8H2,1H3. The predicted molar refractivity (Wildman–Crippen MR) is 57.6 cm³/mol. The summed E-state index contributed by atoms with van der Waals surface area (Å²) in [4.78, 5) is 14.0. The van der Waals surface area contributed by atoms with Crippen molar-refractivity contribution in [3.05, 3.63) is 0 Å². The number of carbonyl (C=O) groups excluding carboxylic acids is 1. The lowest BCUT2D eigenvalue weighted by molar-refractivity contribution is -0.136. The summed E-state index contributed by atoms with van der Waals surface area (Å²) in [5.41, 5.74) is 0. The van der Waals surface area contributed by atoms with Gasteiger partial charge in [0, 0.05) is 26.2 Å². The average Bonchev–Trinajstić information content (AvgIpc) is 2.82. The molecule has 4 nitrogen and oxygen atoms in total. The molecular weight excluding hydrogens is 192 g/mol. The van der Waals surface area contributed by atoms with Gasteiger partial charge in [-0.25, -0.2) is 0 Å². The van der Waals surface area contributed by atoms with Gasteiger partial charge < -0.3 is 15.0 Å². The van der Waals surface area contributed by atoms with Gasteiger partial charge in [-0.05, 0) is 25.8 Å². The van der Waals surface area contributed by atoms with E-state index in [2.05, 4.69) is 5.32 Å². The minimum Gasteiger partial charge on any atom is -0.381 e. The summed E-state index contributed by atoms with van der Waals surface area (Å²) in [6, 6.07) is 0.381. The van der Waals surface area contributed by atoms with Crippen LogP contribution in [0.1, 0.15) is 19.3 Å². The topological polar surface area (TPSA) is 41.6 Å². The van der Waals surface area contributed by atoms with Crippen molar-refractivity contribution < 1.29 is 9.53 Å². The molecule has 1 N–H and O–H groups in total. The van der Waals surface area contributed by atoms with Crippen molar-refractivity contribution in [2.45, 2.75) is 25.3 Å². The molecule has 0 saturated carbocycles. The summed E-state index contributed by atoms with van der Waals surface area (Å²) in [6.45, 7) is 3.39. The number of hydrogen-bond acceptors (Lipinski definition) is 3. The van der Waals surface area contributed by atoms with Crippen LogP contribution in [0.5, 0.6) is 0 Å². The van der Waals surface area contributed by atoms with Crippen LogP contribution < -0.4 is 5.32 Å². The minimum absolute atomic E-state index is 0.108. The van der Waals surface area contributed by atoms with Gasteiger partial charge in [0.15, 0.2) is 0 Å². The maximum Gasteiger partial charge on any atom is 0.228 e. The van der Waals surface area contributed by atoms with Crippen LogP contribution in [0, 0.1) is 5.92 Å². The molecule has 2 aliphatic rings. The molecule has 0 radical (unpaired) electrons. The van der Waals surface area contributed by atoms with Gasteiger partial charge in [0.2, 0.25) is 5.91 Å². The van der Waals surface area contributed by atoms with Crippen molar-refractivity contribution in [1.82, 2.24) is 10.2 Å². The molecule has 0 aliphatic carbocycles. The van der Waals surface area contributed by atoms with Crippen LogP contribution >= 0.6 is 0 Å². The van der Waals surface area contributed by atoms with E-state index in [9.17, 15) is 4.79 Å². The van der Waals surface area contributed by atoms with E-state index in [1.54, 1.807) is 0 Å². The number of hydrogen-bond donors (Lipinski definition) is 1. The quantitative estimate of drug-likeness (QED) is 0.712. The number of amides is 1. The Hall–Kier alpha value is -0.610. The Balaban J connectivity index is 1.87. The molecule has 4 heteroatoms. The lowest BCUT2D eigenvalue weighted by Crippen LogP contribution is -2.48. The Morgan fingerprint density at radius 2 is 2.33 bits per heavy atom. The minimum atomic E-state index is 0.108. The lowest BCUT2D eigenvalue weighted by Gasteiger charge is -2.33. The number of rotatable bonds is 2. The summed E-state index contributed by atoms with van der Waals surface area (Å²) >= 11 is 0. The van der Waals surface area contributed by atoms with Crippen molar-refractivity contribution >= 4 is 5.91 Å². The monoisotopic (exact) mass is 212 g/mol. The zero-order chi connectivity index (χ0) is 10.7. The molecule has 2 rings (SSSR count). The van der Waals surface area contributed by atoms with Gasteiger partial charge in [-0.15, -0.1) is 0 Å². The number of nitrogens with zero attached hydrogens (tertiary/aromatic N) is 1. The molecule has 2 saturated heterocycles. The van der Waals surface area contributed by atoms with Gasteiger partial charge in [0.1, 0.15) is 0 Å². The largest absolute Gasteiger partial charge is 0.381 e. The normalized spacial score (nSPS) is 31.5. The number of likely N-dealkylation sites (N-methyl/N-ethyl adjacent to an activating group) is 1. The molecule has 0 aromatic heterocycles. The molecule has 2 heterocycles. The van der Waals surface area contributed by atoms with E-state index in [0.29, 0.717) is 12.6 Å². The average molecular weight is 212 g/mol. The number of carbonyl (C=O) groups is 1. The smallest absolute Gasteiger partial charge is 0.228 e. The predicted octanol–water partition coefficient (Wildman–Crippen LogP) is 0.233. The van der Waals surface area contributed by atoms with Crippen LogP contribution in [0.25, 0.3) is 0 Å². The van der Waals surface area contributed by atoms with Crippen molar-refractivity contribution in [2.75, 3.05) is 33.4 Å². The highest BCUT2D eigenvalue weighted by molar-refractivity contribution is 5.79. The maximum absolute atomic E-state index is 12.1. The lowest BCUT2D eigenvalue weighted by atomic mass is 10.0. The fourth-order valence-electron chi connectivity index (χ4n) is 2.36.